The summed E-state index contributed by atoms with van der Waals surface area (Å²) < 4.78 is 11.8. The summed E-state index contributed by atoms with van der Waals surface area (Å²) in [4.78, 5) is 27.1. The molecule has 0 radical (unpaired) electrons. The molecule has 10 heteroatoms. The van der Waals surface area contributed by atoms with Gasteiger partial charge in [0.2, 0.25) is 5.91 Å². The number of nitro groups is 1. The lowest BCUT2D eigenvalue weighted by molar-refractivity contribution is -0.384. The summed E-state index contributed by atoms with van der Waals surface area (Å²) in [5.41, 5.74) is 1.20. The number of rotatable bonds is 7. The smallest absolute Gasteiger partial charge is 0.270 e. The minimum Gasteiger partial charge on any atom is -0.497 e. The molecule has 3 aromatic rings. The lowest BCUT2D eigenvalue weighted by Crippen LogP contribution is -2.14. The molecule has 3 rings (SSSR count). The van der Waals surface area contributed by atoms with Crippen LogP contribution in [0.5, 0.6) is 11.5 Å². The third-order valence-corrected chi connectivity index (χ3v) is 5.73. The predicted molar refractivity (Wildman–Crippen MR) is 105 cm³/mol. The monoisotopic (exact) mass is 405 g/mol. The molecule has 1 aromatic heterocycles. The van der Waals surface area contributed by atoms with Gasteiger partial charge in [0.15, 0.2) is 4.34 Å². The van der Waals surface area contributed by atoms with Gasteiger partial charge in [0, 0.05) is 18.2 Å². The first-order valence-corrected chi connectivity index (χ1v) is 9.50. The average Bonchev–Trinajstić information content (AvgIpc) is 3.08. The van der Waals surface area contributed by atoms with E-state index in [1.807, 2.05) is 0 Å². The van der Waals surface area contributed by atoms with E-state index in [9.17, 15) is 14.9 Å². The van der Waals surface area contributed by atoms with Crippen molar-refractivity contribution in [2.75, 3.05) is 25.3 Å². The van der Waals surface area contributed by atoms with E-state index in [1.54, 1.807) is 31.4 Å². The summed E-state index contributed by atoms with van der Waals surface area (Å²) in [7, 11) is 3.06. The van der Waals surface area contributed by atoms with Crippen molar-refractivity contribution in [3.8, 4) is 11.5 Å². The van der Waals surface area contributed by atoms with Crippen LogP contribution in [0.3, 0.4) is 0 Å². The van der Waals surface area contributed by atoms with Crippen molar-refractivity contribution in [2.24, 2.45) is 0 Å². The normalized spacial score (nSPS) is 10.6. The highest BCUT2D eigenvalue weighted by Crippen LogP contribution is 2.32. The van der Waals surface area contributed by atoms with E-state index in [0.717, 1.165) is 0 Å². The van der Waals surface area contributed by atoms with Gasteiger partial charge in [-0.1, -0.05) is 11.8 Å². The summed E-state index contributed by atoms with van der Waals surface area (Å²) in [5, 5.41) is 13.6. The standard InChI is InChI=1S/C17H15N3O5S2/c1-24-11-4-6-14(25-2)13(8-11)18-16(21)9-26-17-19-12-5-3-10(20(22)23)7-15(12)27-17/h3-8H,9H2,1-2H3,(H,18,21). The van der Waals surface area contributed by atoms with Gasteiger partial charge >= 0.3 is 0 Å². The summed E-state index contributed by atoms with van der Waals surface area (Å²) in [6.45, 7) is 0. The van der Waals surface area contributed by atoms with Gasteiger partial charge < -0.3 is 14.8 Å². The van der Waals surface area contributed by atoms with Crippen molar-refractivity contribution in [1.82, 2.24) is 4.98 Å². The number of anilines is 1. The molecule has 0 aliphatic rings. The molecule has 140 valence electrons. The number of benzene rings is 2. The fraction of sp³-hybridized carbons (Fsp3) is 0.176. The Hall–Kier alpha value is -2.85. The minimum atomic E-state index is -0.444. The van der Waals surface area contributed by atoms with Crippen LogP contribution in [0.2, 0.25) is 0 Å². The summed E-state index contributed by atoms with van der Waals surface area (Å²) in [6, 6.07) is 9.63. The molecule has 0 bridgehead atoms. The number of nitrogens with zero attached hydrogens (tertiary/aromatic N) is 2. The van der Waals surface area contributed by atoms with Crippen molar-refractivity contribution in [3.05, 3.63) is 46.5 Å². The Morgan fingerprint density at radius 3 is 2.78 bits per heavy atom. The first kappa shape index (κ1) is 18.9. The highest BCUT2D eigenvalue weighted by molar-refractivity contribution is 8.01. The van der Waals surface area contributed by atoms with E-state index in [0.29, 0.717) is 31.7 Å². The molecule has 0 unspecified atom stereocenters. The van der Waals surface area contributed by atoms with Gasteiger partial charge in [0.05, 0.1) is 40.8 Å². The van der Waals surface area contributed by atoms with Crippen molar-refractivity contribution < 1.29 is 19.2 Å². The molecule has 0 aliphatic heterocycles. The van der Waals surface area contributed by atoms with E-state index >= 15 is 0 Å². The van der Waals surface area contributed by atoms with Gasteiger partial charge in [0.1, 0.15) is 11.5 Å². The van der Waals surface area contributed by atoms with Gasteiger partial charge in [0.25, 0.3) is 5.69 Å². The number of carbonyl (C=O) groups excluding carboxylic acids is 1. The Morgan fingerprint density at radius 1 is 1.26 bits per heavy atom. The van der Waals surface area contributed by atoms with Crippen LogP contribution in [0.1, 0.15) is 0 Å². The molecule has 0 fully saturated rings. The van der Waals surface area contributed by atoms with E-state index in [2.05, 4.69) is 10.3 Å². The van der Waals surface area contributed by atoms with Crippen molar-refractivity contribution in [1.29, 1.82) is 0 Å². The number of hydrogen-bond donors (Lipinski definition) is 1. The number of aromatic nitrogens is 1. The Labute approximate surface area is 162 Å². The van der Waals surface area contributed by atoms with E-state index in [4.69, 9.17) is 9.47 Å². The second kappa shape index (κ2) is 8.23. The number of methoxy groups -OCH3 is 2. The number of nitro benzene ring substituents is 1. The van der Waals surface area contributed by atoms with E-state index in [-0.39, 0.29) is 17.3 Å². The first-order chi connectivity index (χ1) is 13.0. The molecule has 1 N–H and O–H groups in total. The number of thioether (sulfide) groups is 1. The van der Waals surface area contributed by atoms with Gasteiger partial charge in [-0.15, -0.1) is 11.3 Å². The third-order valence-electron chi connectivity index (χ3n) is 3.57. The lowest BCUT2D eigenvalue weighted by Gasteiger charge is -2.11. The third kappa shape index (κ3) is 4.47. The number of nitrogens with one attached hydrogen (secondary N) is 1. The number of thiazole rings is 1. The van der Waals surface area contributed by atoms with Crippen LogP contribution in [0.15, 0.2) is 40.7 Å². The first-order valence-electron chi connectivity index (χ1n) is 7.70. The predicted octanol–water partition coefficient (Wildman–Crippen LogP) is 3.95. The van der Waals surface area contributed by atoms with Gasteiger partial charge in [-0.2, -0.15) is 0 Å². The molecule has 27 heavy (non-hydrogen) atoms. The van der Waals surface area contributed by atoms with Crippen LogP contribution in [-0.2, 0) is 4.79 Å². The Morgan fingerprint density at radius 2 is 2.07 bits per heavy atom. The Bertz CT molecular complexity index is 1010. The highest BCUT2D eigenvalue weighted by atomic mass is 32.2. The SMILES string of the molecule is COc1ccc(OC)c(NC(=O)CSc2nc3ccc([N+](=O)[O-])cc3s2)c1. The molecular weight excluding hydrogens is 390 g/mol. The van der Waals surface area contributed by atoms with Crippen LogP contribution in [0, 0.1) is 10.1 Å². The van der Waals surface area contributed by atoms with Gasteiger partial charge in [-0.25, -0.2) is 4.98 Å². The van der Waals surface area contributed by atoms with Crippen molar-refractivity contribution in [2.45, 2.75) is 4.34 Å². The van der Waals surface area contributed by atoms with E-state index in [1.165, 1.54) is 42.3 Å². The Kier molecular flexibility index (Phi) is 5.77. The summed E-state index contributed by atoms with van der Waals surface area (Å²) in [5.74, 6) is 1.05. The average molecular weight is 405 g/mol. The number of fused-ring (bicyclic) bond motifs is 1. The van der Waals surface area contributed by atoms with E-state index < -0.39 is 4.92 Å². The highest BCUT2D eigenvalue weighted by Gasteiger charge is 2.13. The maximum atomic E-state index is 12.3. The number of amides is 1. The molecule has 1 heterocycles. The van der Waals surface area contributed by atoms with Crippen molar-refractivity contribution >= 4 is 50.6 Å². The second-order valence-electron chi connectivity index (χ2n) is 5.29. The van der Waals surface area contributed by atoms with Crippen LogP contribution in [-0.4, -0.2) is 35.8 Å². The topological polar surface area (TPSA) is 104 Å². The molecule has 0 spiro atoms. The molecule has 0 atom stereocenters. The Balaban J connectivity index is 1.67. The maximum absolute atomic E-state index is 12.3. The zero-order valence-electron chi connectivity index (χ0n) is 14.4. The molecule has 8 nitrogen and oxygen atoms in total. The fourth-order valence-corrected chi connectivity index (χ4v) is 4.19. The lowest BCUT2D eigenvalue weighted by atomic mass is 10.2. The zero-order valence-corrected chi connectivity index (χ0v) is 16.1. The molecule has 2 aromatic carbocycles. The largest absolute Gasteiger partial charge is 0.497 e. The number of hydrogen-bond acceptors (Lipinski definition) is 8. The number of carbonyl (C=O) groups is 1. The minimum absolute atomic E-state index is 0.0190. The number of ether oxygens (including phenoxy) is 2. The van der Waals surface area contributed by atoms with Gasteiger partial charge in [-0.05, 0) is 18.2 Å². The molecule has 0 saturated carbocycles. The second-order valence-corrected chi connectivity index (χ2v) is 7.55. The van der Waals surface area contributed by atoms with Gasteiger partial charge in [-0.3, -0.25) is 14.9 Å². The van der Waals surface area contributed by atoms with Crippen molar-refractivity contribution in [3.63, 3.8) is 0 Å². The quantitative estimate of drug-likeness (QED) is 0.360. The molecule has 1 amide bonds. The number of non-ortho nitro benzene ring substituents is 1. The molecule has 0 aliphatic carbocycles. The van der Waals surface area contributed by atoms with Crippen LogP contribution >= 0.6 is 23.1 Å². The summed E-state index contributed by atoms with van der Waals surface area (Å²) in [6.07, 6.45) is 0. The molecule has 0 saturated heterocycles. The summed E-state index contributed by atoms with van der Waals surface area (Å²) >= 11 is 2.58. The van der Waals surface area contributed by atoms with Crippen LogP contribution < -0.4 is 14.8 Å². The maximum Gasteiger partial charge on any atom is 0.270 e. The zero-order chi connectivity index (χ0) is 19.4. The van der Waals surface area contributed by atoms with Crippen LogP contribution in [0.25, 0.3) is 10.2 Å². The fourth-order valence-electron chi connectivity index (χ4n) is 2.29. The van der Waals surface area contributed by atoms with Crippen LogP contribution in [0.4, 0.5) is 11.4 Å². The molecular formula is C17H15N3O5S2.